The zero-order chi connectivity index (χ0) is 19.6. The lowest BCUT2D eigenvalue weighted by Gasteiger charge is -2.11. The minimum absolute atomic E-state index is 0.136. The summed E-state index contributed by atoms with van der Waals surface area (Å²) in [5, 5.41) is 9.38. The minimum Gasteiger partial charge on any atom is -0.476 e. The smallest absolute Gasteiger partial charge is 0.416 e. The number of hydrogen-bond acceptors (Lipinski definition) is 3. The molecule has 0 bridgehead atoms. The minimum atomic E-state index is -4.54. The summed E-state index contributed by atoms with van der Waals surface area (Å²) in [6, 6.07) is 12.0. The van der Waals surface area contributed by atoms with Crippen molar-refractivity contribution in [3.63, 3.8) is 0 Å². The molecule has 138 valence electrons. The number of alkyl halides is 3. The fraction of sp³-hybridized carbons (Fsp3) is 0.0526. The summed E-state index contributed by atoms with van der Waals surface area (Å²) in [7, 11) is 0. The SMILES string of the molecule is O=C(O)c1nc(Oc2cccc(C(F)(F)F)c2)ccc1-c1ccc(F)cc1. The summed E-state index contributed by atoms with van der Waals surface area (Å²) in [5.41, 5.74) is -0.627. The largest absolute Gasteiger partial charge is 0.476 e. The van der Waals surface area contributed by atoms with Crippen molar-refractivity contribution >= 4 is 5.97 Å². The Bertz CT molecular complexity index is 985. The predicted molar refractivity (Wildman–Crippen MR) is 88.1 cm³/mol. The number of nitrogens with zero attached hydrogens (tertiary/aromatic N) is 1. The first kappa shape index (κ1) is 18.4. The van der Waals surface area contributed by atoms with E-state index in [9.17, 15) is 27.5 Å². The first-order chi connectivity index (χ1) is 12.7. The van der Waals surface area contributed by atoms with Crippen LogP contribution in [-0.2, 0) is 6.18 Å². The number of pyridine rings is 1. The van der Waals surface area contributed by atoms with Gasteiger partial charge in [-0.05, 0) is 42.0 Å². The average Bonchev–Trinajstić information content (AvgIpc) is 2.62. The highest BCUT2D eigenvalue weighted by Crippen LogP contribution is 2.33. The number of ether oxygens (including phenoxy) is 1. The van der Waals surface area contributed by atoms with Crippen LogP contribution in [0.15, 0.2) is 60.7 Å². The van der Waals surface area contributed by atoms with Crippen molar-refractivity contribution < 1.29 is 32.2 Å². The van der Waals surface area contributed by atoms with Crippen molar-refractivity contribution in [3.8, 4) is 22.8 Å². The zero-order valence-electron chi connectivity index (χ0n) is 13.5. The Morgan fingerprint density at radius 1 is 1.00 bits per heavy atom. The van der Waals surface area contributed by atoms with Gasteiger partial charge >= 0.3 is 12.1 Å². The molecule has 1 heterocycles. The van der Waals surface area contributed by atoms with Crippen LogP contribution in [-0.4, -0.2) is 16.1 Å². The number of carboxylic acid groups (broad SMARTS) is 1. The number of rotatable bonds is 4. The van der Waals surface area contributed by atoms with Crippen LogP contribution in [0.1, 0.15) is 16.1 Å². The second-order valence-electron chi connectivity index (χ2n) is 5.49. The lowest BCUT2D eigenvalue weighted by Crippen LogP contribution is -2.06. The van der Waals surface area contributed by atoms with Crippen molar-refractivity contribution in [2.45, 2.75) is 6.18 Å². The maximum atomic E-state index is 13.1. The van der Waals surface area contributed by atoms with Crippen LogP contribution in [0.5, 0.6) is 11.6 Å². The van der Waals surface area contributed by atoms with Crippen LogP contribution in [0.3, 0.4) is 0 Å². The molecule has 0 spiro atoms. The molecule has 0 saturated carbocycles. The van der Waals surface area contributed by atoms with Gasteiger partial charge in [0, 0.05) is 11.6 Å². The summed E-state index contributed by atoms with van der Waals surface area (Å²) in [6.07, 6.45) is -4.54. The van der Waals surface area contributed by atoms with E-state index < -0.39 is 23.5 Å². The summed E-state index contributed by atoms with van der Waals surface area (Å²) < 4.78 is 56.6. The zero-order valence-corrected chi connectivity index (χ0v) is 13.5. The fourth-order valence-corrected chi connectivity index (χ4v) is 2.38. The van der Waals surface area contributed by atoms with Crippen LogP contribution in [0.2, 0.25) is 0 Å². The Labute approximate surface area is 150 Å². The number of halogens is 4. The topological polar surface area (TPSA) is 59.4 Å². The van der Waals surface area contributed by atoms with Gasteiger partial charge in [-0.1, -0.05) is 18.2 Å². The van der Waals surface area contributed by atoms with Gasteiger partial charge in [-0.3, -0.25) is 0 Å². The van der Waals surface area contributed by atoms with Crippen molar-refractivity contribution in [1.82, 2.24) is 4.98 Å². The monoisotopic (exact) mass is 377 g/mol. The molecule has 27 heavy (non-hydrogen) atoms. The third kappa shape index (κ3) is 4.22. The van der Waals surface area contributed by atoms with Gasteiger partial charge in [0.25, 0.3) is 0 Å². The molecular formula is C19H11F4NO3. The Morgan fingerprint density at radius 3 is 2.33 bits per heavy atom. The highest BCUT2D eigenvalue weighted by molar-refractivity contribution is 5.94. The second-order valence-corrected chi connectivity index (χ2v) is 5.49. The van der Waals surface area contributed by atoms with Gasteiger partial charge in [0.2, 0.25) is 5.88 Å². The van der Waals surface area contributed by atoms with E-state index in [-0.39, 0.29) is 22.9 Å². The Kier molecular flexibility index (Phi) is 4.81. The van der Waals surface area contributed by atoms with Crippen LogP contribution in [0.25, 0.3) is 11.1 Å². The number of aromatic nitrogens is 1. The number of carboxylic acids is 1. The normalized spacial score (nSPS) is 11.3. The Hall–Kier alpha value is -3.42. The second kappa shape index (κ2) is 7.06. The van der Waals surface area contributed by atoms with Crippen LogP contribution in [0, 0.1) is 5.82 Å². The Morgan fingerprint density at radius 2 is 1.70 bits per heavy atom. The van der Waals surface area contributed by atoms with Crippen LogP contribution in [0.4, 0.5) is 17.6 Å². The molecule has 0 aliphatic rings. The summed E-state index contributed by atoms with van der Waals surface area (Å²) in [4.78, 5) is 15.4. The third-order valence-corrected chi connectivity index (χ3v) is 3.61. The lowest BCUT2D eigenvalue weighted by molar-refractivity contribution is -0.137. The molecule has 0 aliphatic carbocycles. The van der Waals surface area contributed by atoms with Crippen LogP contribution < -0.4 is 4.74 Å². The lowest BCUT2D eigenvalue weighted by atomic mass is 10.0. The molecule has 0 atom stereocenters. The molecule has 1 aromatic heterocycles. The highest BCUT2D eigenvalue weighted by atomic mass is 19.4. The van der Waals surface area contributed by atoms with E-state index in [4.69, 9.17) is 4.74 Å². The van der Waals surface area contributed by atoms with Crippen molar-refractivity contribution in [1.29, 1.82) is 0 Å². The van der Waals surface area contributed by atoms with E-state index in [2.05, 4.69) is 4.98 Å². The van der Waals surface area contributed by atoms with E-state index in [1.165, 1.54) is 48.5 Å². The van der Waals surface area contributed by atoms with Gasteiger partial charge in [-0.15, -0.1) is 0 Å². The predicted octanol–water partition coefficient (Wildman–Crippen LogP) is 5.40. The molecule has 4 nitrogen and oxygen atoms in total. The molecule has 0 saturated heterocycles. The van der Waals surface area contributed by atoms with Crippen molar-refractivity contribution in [2.75, 3.05) is 0 Å². The maximum Gasteiger partial charge on any atom is 0.416 e. The maximum absolute atomic E-state index is 13.1. The number of hydrogen-bond donors (Lipinski definition) is 1. The summed E-state index contributed by atoms with van der Waals surface area (Å²) >= 11 is 0. The van der Waals surface area contributed by atoms with Gasteiger partial charge in [0.1, 0.15) is 11.6 Å². The molecule has 0 fully saturated rings. The molecule has 1 N–H and O–H groups in total. The summed E-state index contributed by atoms with van der Waals surface area (Å²) in [5.74, 6) is -2.15. The first-order valence-electron chi connectivity index (χ1n) is 7.59. The van der Waals surface area contributed by atoms with Gasteiger partial charge < -0.3 is 9.84 Å². The van der Waals surface area contributed by atoms with E-state index in [1.807, 2.05) is 0 Å². The van der Waals surface area contributed by atoms with Gasteiger partial charge in [-0.2, -0.15) is 13.2 Å². The molecule has 8 heteroatoms. The van der Waals surface area contributed by atoms with Crippen molar-refractivity contribution in [3.05, 3.63) is 77.7 Å². The molecule has 0 radical (unpaired) electrons. The van der Waals surface area contributed by atoms with E-state index >= 15 is 0 Å². The molecule has 0 aliphatic heterocycles. The molecule has 0 amide bonds. The number of benzene rings is 2. The van der Waals surface area contributed by atoms with E-state index in [0.717, 1.165) is 12.1 Å². The number of carbonyl (C=O) groups is 1. The van der Waals surface area contributed by atoms with Gasteiger partial charge in [0.15, 0.2) is 5.69 Å². The third-order valence-electron chi connectivity index (χ3n) is 3.61. The molecule has 3 rings (SSSR count). The number of aromatic carboxylic acids is 1. The highest BCUT2D eigenvalue weighted by Gasteiger charge is 2.30. The quantitative estimate of drug-likeness (QED) is 0.619. The van der Waals surface area contributed by atoms with Gasteiger partial charge in [0.05, 0.1) is 5.56 Å². The Balaban J connectivity index is 1.95. The van der Waals surface area contributed by atoms with Gasteiger partial charge in [-0.25, -0.2) is 14.2 Å². The van der Waals surface area contributed by atoms with Crippen LogP contribution >= 0.6 is 0 Å². The standard InChI is InChI=1S/C19H11F4NO3/c20-13-6-4-11(5-7-13)15-8-9-16(24-17(15)18(25)26)27-14-3-1-2-12(10-14)19(21,22)23/h1-10H,(H,25,26). The molecular weight excluding hydrogens is 366 g/mol. The van der Waals surface area contributed by atoms with E-state index in [0.29, 0.717) is 5.56 Å². The first-order valence-corrected chi connectivity index (χ1v) is 7.59. The fourth-order valence-electron chi connectivity index (χ4n) is 2.38. The van der Waals surface area contributed by atoms with E-state index in [1.54, 1.807) is 0 Å². The summed E-state index contributed by atoms with van der Waals surface area (Å²) in [6.45, 7) is 0. The molecule has 2 aromatic carbocycles. The van der Waals surface area contributed by atoms with Crippen molar-refractivity contribution in [2.24, 2.45) is 0 Å². The average molecular weight is 377 g/mol. The molecule has 3 aromatic rings. The molecule has 0 unspecified atom stereocenters.